The number of thiazole rings is 1. The highest BCUT2D eigenvalue weighted by molar-refractivity contribution is 7.98. The molecule has 4 rings (SSSR count). The Morgan fingerprint density at radius 2 is 2.00 bits per heavy atom. The van der Waals surface area contributed by atoms with Gasteiger partial charge in [0, 0.05) is 37.0 Å². The van der Waals surface area contributed by atoms with Crippen molar-refractivity contribution in [2.45, 2.75) is 30.8 Å². The summed E-state index contributed by atoms with van der Waals surface area (Å²) in [5.41, 5.74) is 2.24. The Bertz CT molecular complexity index is 1080. The van der Waals surface area contributed by atoms with E-state index in [1.165, 1.54) is 35.2 Å². The second kappa shape index (κ2) is 7.92. The third kappa shape index (κ3) is 4.39. The zero-order valence-corrected chi connectivity index (χ0v) is 17.0. The third-order valence-corrected chi connectivity index (χ3v) is 6.24. The SMILES string of the molecule is CSc1nc2c(c(=O)[nH]1)CN(Cc1csc(-c3ccc(C(F)(F)F)cc3)n1)CC2. The van der Waals surface area contributed by atoms with Crippen molar-refractivity contribution in [3.05, 3.63) is 62.5 Å². The number of nitrogens with one attached hydrogen (secondary N) is 1. The summed E-state index contributed by atoms with van der Waals surface area (Å²) in [6.45, 7) is 1.84. The van der Waals surface area contributed by atoms with Crippen molar-refractivity contribution in [3.8, 4) is 10.6 Å². The van der Waals surface area contributed by atoms with Gasteiger partial charge >= 0.3 is 6.18 Å². The van der Waals surface area contributed by atoms with Gasteiger partial charge in [-0.25, -0.2) is 9.97 Å². The molecule has 0 spiro atoms. The Labute approximate surface area is 173 Å². The van der Waals surface area contributed by atoms with Crippen LogP contribution in [0.25, 0.3) is 10.6 Å². The predicted octanol–water partition coefficient (Wildman–Crippen LogP) is 4.19. The van der Waals surface area contributed by atoms with Gasteiger partial charge in [0.05, 0.1) is 22.5 Å². The van der Waals surface area contributed by atoms with Crippen LogP contribution in [0.15, 0.2) is 39.6 Å². The van der Waals surface area contributed by atoms with Crippen molar-refractivity contribution in [1.29, 1.82) is 0 Å². The lowest BCUT2D eigenvalue weighted by Gasteiger charge is -2.26. The van der Waals surface area contributed by atoms with Crippen LogP contribution in [-0.2, 0) is 25.7 Å². The van der Waals surface area contributed by atoms with E-state index in [1.54, 1.807) is 0 Å². The summed E-state index contributed by atoms with van der Waals surface area (Å²) >= 11 is 2.81. The molecule has 10 heteroatoms. The zero-order valence-electron chi connectivity index (χ0n) is 15.4. The van der Waals surface area contributed by atoms with Crippen LogP contribution in [0.5, 0.6) is 0 Å². The molecule has 0 bridgehead atoms. The predicted molar refractivity (Wildman–Crippen MR) is 107 cm³/mol. The van der Waals surface area contributed by atoms with Crippen molar-refractivity contribution in [3.63, 3.8) is 0 Å². The molecular weight excluding hydrogens is 421 g/mol. The lowest BCUT2D eigenvalue weighted by atomic mass is 10.1. The first-order chi connectivity index (χ1) is 13.8. The number of nitrogens with zero attached hydrogens (tertiary/aromatic N) is 3. The molecule has 1 aliphatic heterocycles. The maximum absolute atomic E-state index is 12.7. The van der Waals surface area contributed by atoms with Gasteiger partial charge in [0.1, 0.15) is 5.01 Å². The molecule has 2 aromatic heterocycles. The van der Waals surface area contributed by atoms with E-state index in [2.05, 4.69) is 19.9 Å². The van der Waals surface area contributed by atoms with E-state index in [0.29, 0.717) is 40.8 Å². The second-order valence-corrected chi connectivity index (χ2v) is 8.33. The summed E-state index contributed by atoms with van der Waals surface area (Å²) in [6.07, 6.45) is -1.78. The molecule has 3 aromatic rings. The number of thioether (sulfide) groups is 1. The number of aromatic nitrogens is 3. The summed E-state index contributed by atoms with van der Waals surface area (Å²) in [5, 5.41) is 3.21. The monoisotopic (exact) mass is 438 g/mol. The van der Waals surface area contributed by atoms with Crippen molar-refractivity contribution in [1.82, 2.24) is 19.9 Å². The molecule has 0 saturated carbocycles. The second-order valence-electron chi connectivity index (χ2n) is 6.68. The number of hydrogen-bond donors (Lipinski definition) is 1. The Balaban J connectivity index is 1.47. The van der Waals surface area contributed by atoms with E-state index in [0.717, 1.165) is 30.1 Å². The number of halogens is 3. The molecule has 0 aliphatic carbocycles. The summed E-state index contributed by atoms with van der Waals surface area (Å²) in [6, 6.07) is 5.02. The van der Waals surface area contributed by atoms with E-state index in [9.17, 15) is 18.0 Å². The summed E-state index contributed by atoms with van der Waals surface area (Å²) in [5.74, 6) is 0. The van der Waals surface area contributed by atoms with Gasteiger partial charge in [-0.2, -0.15) is 13.2 Å². The molecule has 5 nitrogen and oxygen atoms in total. The Hall–Kier alpha value is -2.17. The molecule has 3 heterocycles. The molecule has 152 valence electrons. The van der Waals surface area contributed by atoms with E-state index in [-0.39, 0.29) is 5.56 Å². The first-order valence-corrected chi connectivity index (χ1v) is 10.9. The molecule has 29 heavy (non-hydrogen) atoms. The molecular formula is C19H17F3N4OS2. The third-order valence-electron chi connectivity index (χ3n) is 4.72. The minimum Gasteiger partial charge on any atom is -0.301 e. The van der Waals surface area contributed by atoms with Gasteiger partial charge in [-0.3, -0.25) is 9.69 Å². The van der Waals surface area contributed by atoms with Crippen LogP contribution in [-0.4, -0.2) is 32.7 Å². The molecule has 0 fully saturated rings. The molecule has 1 aliphatic rings. The number of aromatic amines is 1. The normalized spacial score (nSPS) is 14.8. The number of benzene rings is 1. The molecule has 0 saturated heterocycles. The molecule has 0 amide bonds. The Kier molecular flexibility index (Phi) is 5.50. The van der Waals surface area contributed by atoms with Crippen LogP contribution in [0.2, 0.25) is 0 Å². The summed E-state index contributed by atoms with van der Waals surface area (Å²) in [4.78, 5) is 26.3. The van der Waals surface area contributed by atoms with Gasteiger partial charge in [0.2, 0.25) is 0 Å². The van der Waals surface area contributed by atoms with Crippen LogP contribution in [0.3, 0.4) is 0 Å². The lowest BCUT2D eigenvalue weighted by Crippen LogP contribution is -2.35. The fourth-order valence-electron chi connectivity index (χ4n) is 3.23. The average Bonchev–Trinajstić information content (AvgIpc) is 3.16. The van der Waals surface area contributed by atoms with E-state index in [1.807, 2.05) is 11.6 Å². The summed E-state index contributed by atoms with van der Waals surface area (Å²) in [7, 11) is 0. The van der Waals surface area contributed by atoms with Crippen LogP contribution < -0.4 is 5.56 Å². The Morgan fingerprint density at radius 3 is 2.69 bits per heavy atom. The highest BCUT2D eigenvalue weighted by Crippen LogP contribution is 2.32. The highest BCUT2D eigenvalue weighted by Gasteiger charge is 2.30. The van der Waals surface area contributed by atoms with Crippen molar-refractivity contribution >= 4 is 23.1 Å². The van der Waals surface area contributed by atoms with E-state index >= 15 is 0 Å². The quantitative estimate of drug-likeness (QED) is 0.489. The number of hydrogen-bond acceptors (Lipinski definition) is 6. The highest BCUT2D eigenvalue weighted by atomic mass is 32.2. The van der Waals surface area contributed by atoms with Crippen molar-refractivity contribution in [2.24, 2.45) is 0 Å². The van der Waals surface area contributed by atoms with Crippen molar-refractivity contribution in [2.75, 3.05) is 12.8 Å². The van der Waals surface area contributed by atoms with Gasteiger partial charge in [0.25, 0.3) is 5.56 Å². The molecule has 0 unspecified atom stereocenters. The molecule has 1 aromatic carbocycles. The Morgan fingerprint density at radius 1 is 1.24 bits per heavy atom. The minimum absolute atomic E-state index is 0.104. The zero-order chi connectivity index (χ0) is 20.6. The fraction of sp³-hybridized carbons (Fsp3) is 0.316. The van der Waals surface area contributed by atoms with E-state index < -0.39 is 11.7 Å². The number of rotatable bonds is 4. The maximum Gasteiger partial charge on any atom is 0.416 e. The molecule has 1 N–H and O–H groups in total. The van der Waals surface area contributed by atoms with Gasteiger partial charge < -0.3 is 4.98 Å². The summed E-state index contributed by atoms with van der Waals surface area (Å²) < 4.78 is 38.1. The van der Waals surface area contributed by atoms with E-state index in [4.69, 9.17) is 0 Å². The van der Waals surface area contributed by atoms with Gasteiger partial charge in [-0.1, -0.05) is 23.9 Å². The van der Waals surface area contributed by atoms with Gasteiger partial charge in [0.15, 0.2) is 5.16 Å². The first kappa shape index (κ1) is 20.1. The minimum atomic E-state index is -4.35. The lowest BCUT2D eigenvalue weighted by molar-refractivity contribution is -0.137. The van der Waals surface area contributed by atoms with Crippen molar-refractivity contribution < 1.29 is 13.2 Å². The smallest absolute Gasteiger partial charge is 0.301 e. The topological polar surface area (TPSA) is 61.9 Å². The first-order valence-electron chi connectivity index (χ1n) is 8.84. The van der Waals surface area contributed by atoms with Crippen LogP contribution >= 0.6 is 23.1 Å². The largest absolute Gasteiger partial charge is 0.416 e. The standard InChI is InChI=1S/C19H17F3N4OS2/c1-28-18-24-15-6-7-26(9-14(15)16(27)25-18)8-13-10-29-17(23-13)11-2-4-12(5-3-11)19(20,21)22/h2-5,10H,6-9H2,1H3,(H,24,25,27). The van der Waals surface area contributed by atoms with Crippen LogP contribution in [0, 0.1) is 0 Å². The van der Waals surface area contributed by atoms with Gasteiger partial charge in [-0.05, 0) is 18.4 Å². The number of fused-ring (bicyclic) bond motifs is 1. The van der Waals surface area contributed by atoms with Gasteiger partial charge in [-0.15, -0.1) is 11.3 Å². The van der Waals surface area contributed by atoms with Crippen LogP contribution in [0.4, 0.5) is 13.2 Å². The molecule has 0 radical (unpaired) electrons. The molecule has 0 atom stereocenters. The maximum atomic E-state index is 12.7. The number of H-pyrrole nitrogens is 1. The fourth-order valence-corrected chi connectivity index (χ4v) is 4.45. The average molecular weight is 439 g/mol. The number of alkyl halides is 3. The van der Waals surface area contributed by atoms with Crippen LogP contribution in [0.1, 0.15) is 22.5 Å².